The molecule has 3 aromatic heterocycles. The molecule has 0 atom stereocenters. The van der Waals surface area contributed by atoms with E-state index in [1.54, 1.807) is 0 Å². The number of hydrogen-bond acceptors (Lipinski definition) is 5. The van der Waals surface area contributed by atoms with E-state index in [4.69, 9.17) is 19.4 Å². The zero-order valence-electron chi connectivity index (χ0n) is 28.9. The van der Waals surface area contributed by atoms with E-state index in [9.17, 15) is 0 Å². The molecule has 11 aromatic rings. The summed E-state index contributed by atoms with van der Waals surface area (Å²) in [5.41, 5.74) is 9.00. The Bertz CT molecular complexity index is 3220. The quantitative estimate of drug-likeness (QED) is 0.179. The lowest BCUT2D eigenvalue weighted by atomic mass is 9.95. The lowest BCUT2D eigenvalue weighted by molar-refractivity contribution is 0.669. The minimum atomic E-state index is 0.588. The first kappa shape index (κ1) is 30.7. The van der Waals surface area contributed by atoms with Gasteiger partial charge in [-0.15, -0.1) is 11.3 Å². The van der Waals surface area contributed by atoms with Crippen LogP contribution >= 0.6 is 11.3 Å². The molecule has 3 heterocycles. The summed E-state index contributed by atoms with van der Waals surface area (Å²) < 4.78 is 8.84. The Labute approximate surface area is 314 Å². The third-order valence-corrected chi connectivity index (χ3v) is 11.6. The number of nitrogens with zero attached hydrogens (tertiary/aromatic N) is 3. The molecule has 0 aliphatic carbocycles. The molecule has 0 amide bonds. The molecule has 0 saturated heterocycles. The topological polar surface area (TPSA) is 51.8 Å². The highest BCUT2D eigenvalue weighted by Crippen LogP contribution is 2.46. The van der Waals surface area contributed by atoms with Gasteiger partial charge in [0, 0.05) is 53.0 Å². The van der Waals surface area contributed by atoms with Crippen molar-refractivity contribution in [3.63, 3.8) is 0 Å². The van der Waals surface area contributed by atoms with Crippen molar-refractivity contribution in [2.75, 3.05) is 0 Å². The Kier molecular flexibility index (Phi) is 7.00. The van der Waals surface area contributed by atoms with Gasteiger partial charge >= 0.3 is 0 Å². The van der Waals surface area contributed by atoms with Gasteiger partial charge in [-0.25, -0.2) is 15.0 Å². The number of aromatic nitrogens is 3. The molecular formula is C49H29N3OS. The molecule has 0 N–H and O–H groups in total. The van der Waals surface area contributed by atoms with E-state index in [1.807, 2.05) is 35.6 Å². The van der Waals surface area contributed by atoms with Crippen LogP contribution in [0.2, 0.25) is 0 Å². The van der Waals surface area contributed by atoms with Crippen molar-refractivity contribution in [1.82, 2.24) is 15.0 Å². The first-order chi connectivity index (χ1) is 26.8. The summed E-state index contributed by atoms with van der Waals surface area (Å²) in [7, 11) is 0. The number of thiophene rings is 1. The summed E-state index contributed by atoms with van der Waals surface area (Å²) in [5.74, 6) is 1.82. The molecule has 0 bridgehead atoms. The number of fused-ring (bicyclic) bond motifs is 8. The molecule has 54 heavy (non-hydrogen) atoms. The summed E-state index contributed by atoms with van der Waals surface area (Å²) >= 11 is 1.84. The van der Waals surface area contributed by atoms with E-state index in [1.165, 1.54) is 36.7 Å². The highest BCUT2D eigenvalue weighted by molar-refractivity contribution is 7.26. The summed E-state index contributed by atoms with van der Waals surface area (Å²) in [6.07, 6.45) is 0. The molecule has 5 heteroatoms. The molecule has 0 fully saturated rings. The zero-order chi connectivity index (χ0) is 35.6. The van der Waals surface area contributed by atoms with Crippen LogP contribution in [0.15, 0.2) is 180 Å². The third kappa shape index (κ3) is 4.94. The maximum Gasteiger partial charge on any atom is 0.164 e. The molecule has 0 aliphatic rings. The van der Waals surface area contributed by atoms with Gasteiger partial charge in [0.15, 0.2) is 17.5 Å². The van der Waals surface area contributed by atoms with E-state index < -0.39 is 0 Å². The number of para-hydroxylation sites is 1. The largest absolute Gasteiger partial charge is 0.456 e. The standard InChI is InChI=1S/C49H29N3OS/c1-3-14-30(15-4-1)33-18-7-10-22-39(33)48-50-47(32-26-27-37-36-20-11-12-24-42(36)53-43(37)28-32)51-49(52-48)40-29-41-45-34(31-16-5-2-6-17-31)23-13-25-44(45)54-46(41)38-21-9-8-19-35(38)40/h1-29H. The van der Waals surface area contributed by atoms with Gasteiger partial charge in [0.05, 0.1) is 0 Å². The van der Waals surface area contributed by atoms with E-state index >= 15 is 0 Å². The van der Waals surface area contributed by atoms with Crippen LogP contribution in [0.1, 0.15) is 0 Å². The van der Waals surface area contributed by atoms with E-state index in [-0.39, 0.29) is 0 Å². The van der Waals surface area contributed by atoms with Crippen molar-refractivity contribution < 1.29 is 4.42 Å². The molecule has 0 unspecified atom stereocenters. The fourth-order valence-corrected chi connectivity index (χ4v) is 9.10. The highest BCUT2D eigenvalue weighted by atomic mass is 32.1. The Hall–Kier alpha value is -6.95. The predicted molar refractivity (Wildman–Crippen MR) is 225 cm³/mol. The smallest absolute Gasteiger partial charge is 0.164 e. The van der Waals surface area contributed by atoms with Crippen molar-refractivity contribution >= 4 is 64.2 Å². The summed E-state index contributed by atoms with van der Waals surface area (Å²) in [6.45, 7) is 0. The number of benzene rings is 8. The third-order valence-electron chi connectivity index (χ3n) is 10.4. The first-order valence-corrected chi connectivity index (χ1v) is 18.8. The Morgan fingerprint density at radius 1 is 0.352 bits per heavy atom. The molecular weight excluding hydrogens is 679 g/mol. The minimum absolute atomic E-state index is 0.588. The minimum Gasteiger partial charge on any atom is -0.456 e. The average Bonchev–Trinajstić information content (AvgIpc) is 3.82. The van der Waals surface area contributed by atoms with E-state index in [0.717, 1.165) is 55.1 Å². The molecule has 0 saturated carbocycles. The fourth-order valence-electron chi connectivity index (χ4n) is 7.85. The van der Waals surface area contributed by atoms with E-state index in [0.29, 0.717) is 17.5 Å². The monoisotopic (exact) mass is 707 g/mol. The molecule has 11 rings (SSSR count). The Morgan fingerprint density at radius 2 is 0.944 bits per heavy atom. The van der Waals surface area contributed by atoms with Crippen LogP contribution in [-0.2, 0) is 0 Å². The van der Waals surface area contributed by atoms with Crippen molar-refractivity contribution in [2.24, 2.45) is 0 Å². The van der Waals surface area contributed by atoms with Gasteiger partial charge in [-0.3, -0.25) is 0 Å². The van der Waals surface area contributed by atoms with Crippen LogP contribution in [-0.4, -0.2) is 15.0 Å². The molecule has 252 valence electrons. The number of furan rings is 1. The molecule has 8 aromatic carbocycles. The lowest BCUT2D eigenvalue weighted by Gasteiger charge is -2.13. The molecule has 0 aliphatic heterocycles. The SMILES string of the molecule is c1ccc(-c2ccccc2-c2nc(-c3ccc4c(c3)oc3ccccc34)nc(-c3cc4c(sc5cccc(-c6ccccc6)c54)c4ccccc34)n2)cc1. The Morgan fingerprint density at radius 3 is 1.74 bits per heavy atom. The van der Waals surface area contributed by atoms with Crippen LogP contribution in [0.3, 0.4) is 0 Å². The normalized spacial score (nSPS) is 11.7. The van der Waals surface area contributed by atoms with Gasteiger partial charge in [0.25, 0.3) is 0 Å². The average molecular weight is 708 g/mol. The van der Waals surface area contributed by atoms with Gasteiger partial charge in [-0.05, 0) is 58.0 Å². The van der Waals surface area contributed by atoms with Crippen LogP contribution in [0.4, 0.5) is 0 Å². The van der Waals surface area contributed by atoms with Crippen LogP contribution in [0, 0.1) is 0 Å². The second-order valence-electron chi connectivity index (χ2n) is 13.5. The van der Waals surface area contributed by atoms with Gasteiger partial charge in [0.1, 0.15) is 11.2 Å². The second kappa shape index (κ2) is 12.3. The fraction of sp³-hybridized carbons (Fsp3) is 0. The van der Waals surface area contributed by atoms with Crippen molar-refractivity contribution in [1.29, 1.82) is 0 Å². The zero-order valence-corrected chi connectivity index (χ0v) is 29.7. The van der Waals surface area contributed by atoms with Gasteiger partial charge in [-0.1, -0.05) is 146 Å². The first-order valence-electron chi connectivity index (χ1n) is 18.0. The molecule has 0 spiro atoms. The number of hydrogen-bond donors (Lipinski definition) is 0. The maximum atomic E-state index is 6.34. The van der Waals surface area contributed by atoms with Gasteiger partial charge < -0.3 is 4.42 Å². The summed E-state index contributed by atoms with van der Waals surface area (Å²) in [6, 6.07) is 61.4. The summed E-state index contributed by atoms with van der Waals surface area (Å²) in [4.78, 5) is 15.9. The van der Waals surface area contributed by atoms with E-state index in [2.05, 4.69) is 152 Å². The Balaban J connectivity index is 1.21. The summed E-state index contributed by atoms with van der Waals surface area (Å²) in [5, 5.41) is 6.88. The predicted octanol–water partition coefficient (Wildman–Crippen LogP) is 13.6. The van der Waals surface area contributed by atoms with Crippen LogP contribution in [0.5, 0.6) is 0 Å². The van der Waals surface area contributed by atoms with Crippen LogP contribution < -0.4 is 0 Å². The van der Waals surface area contributed by atoms with Crippen molar-refractivity contribution in [3.8, 4) is 56.4 Å². The molecule has 0 radical (unpaired) electrons. The lowest BCUT2D eigenvalue weighted by Crippen LogP contribution is -2.01. The van der Waals surface area contributed by atoms with Crippen molar-refractivity contribution in [3.05, 3.63) is 176 Å². The van der Waals surface area contributed by atoms with Gasteiger partial charge in [-0.2, -0.15) is 0 Å². The number of rotatable bonds is 5. The van der Waals surface area contributed by atoms with Crippen molar-refractivity contribution in [2.45, 2.75) is 0 Å². The molecule has 4 nitrogen and oxygen atoms in total. The van der Waals surface area contributed by atoms with Crippen LogP contribution in [0.25, 0.3) is 109 Å². The maximum absolute atomic E-state index is 6.34. The highest BCUT2D eigenvalue weighted by Gasteiger charge is 2.21. The second-order valence-corrected chi connectivity index (χ2v) is 14.6. The van der Waals surface area contributed by atoms with Gasteiger partial charge in [0.2, 0.25) is 0 Å².